The van der Waals surface area contributed by atoms with Gasteiger partial charge >= 0.3 is 0 Å². The van der Waals surface area contributed by atoms with Gasteiger partial charge in [-0.05, 0) is 18.6 Å². The van der Waals surface area contributed by atoms with E-state index in [1.54, 1.807) is 11.6 Å². The van der Waals surface area contributed by atoms with Crippen molar-refractivity contribution < 1.29 is 4.42 Å². The van der Waals surface area contributed by atoms with E-state index < -0.39 is 0 Å². The smallest absolute Gasteiger partial charge is 0.280 e. The van der Waals surface area contributed by atoms with Crippen molar-refractivity contribution >= 4 is 22.0 Å². The summed E-state index contributed by atoms with van der Waals surface area (Å²) in [5.74, 6) is 0.687. The zero-order valence-electron chi connectivity index (χ0n) is 14.7. The molecule has 3 rings (SSSR count). The van der Waals surface area contributed by atoms with Gasteiger partial charge in [0.05, 0.1) is 5.52 Å². The van der Waals surface area contributed by atoms with Crippen LogP contribution in [0.1, 0.15) is 57.8 Å². The predicted molar refractivity (Wildman–Crippen MR) is 98.5 cm³/mol. The van der Waals surface area contributed by atoms with Crippen LogP contribution in [0.5, 0.6) is 0 Å². The molecular formula is C20H26N2O2. The van der Waals surface area contributed by atoms with Crippen LogP contribution in [-0.2, 0) is 13.5 Å². The molecule has 0 aliphatic carbocycles. The molecule has 3 aromatic rings. The van der Waals surface area contributed by atoms with Gasteiger partial charge in [-0.2, -0.15) is 0 Å². The Morgan fingerprint density at radius 3 is 2.54 bits per heavy atom. The molecule has 4 heteroatoms. The molecule has 0 amide bonds. The third kappa shape index (κ3) is 3.37. The highest BCUT2D eigenvalue weighted by Gasteiger charge is 2.15. The van der Waals surface area contributed by atoms with E-state index >= 15 is 0 Å². The number of aryl methyl sites for hydroxylation is 2. The fourth-order valence-corrected chi connectivity index (χ4v) is 3.26. The van der Waals surface area contributed by atoms with E-state index in [2.05, 4.69) is 11.9 Å². The zero-order chi connectivity index (χ0) is 16.9. The number of hydrogen-bond acceptors (Lipinski definition) is 3. The van der Waals surface area contributed by atoms with E-state index in [1.807, 2.05) is 24.3 Å². The fraction of sp³-hybridized carbons (Fsp3) is 0.500. The van der Waals surface area contributed by atoms with Gasteiger partial charge in [-0.3, -0.25) is 4.79 Å². The second kappa shape index (κ2) is 7.65. The van der Waals surface area contributed by atoms with Crippen molar-refractivity contribution in [1.82, 2.24) is 9.55 Å². The Labute approximate surface area is 142 Å². The summed E-state index contributed by atoms with van der Waals surface area (Å²) in [5, 5.41) is 0.952. The Kier molecular flexibility index (Phi) is 5.34. The molecule has 2 heterocycles. The second-order valence-electron chi connectivity index (χ2n) is 6.54. The molecule has 0 saturated heterocycles. The summed E-state index contributed by atoms with van der Waals surface area (Å²) < 4.78 is 7.59. The Balaban J connectivity index is 1.73. The van der Waals surface area contributed by atoms with Crippen molar-refractivity contribution in [3.63, 3.8) is 0 Å². The maximum atomic E-state index is 12.5. The predicted octanol–water partition coefficient (Wildman–Crippen LogP) is 4.97. The van der Waals surface area contributed by atoms with Crippen molar-refractivity contribution in [3.05, 3.63) is 40.5 Å². The molecule has 2 aromatic heterocycles. The lowest BCUT2D eigenvalue weighted by Crippen LogP contribution is -2.17. The van der Waals surface area contributed by atoms with E-state index in [0.717, 1.165) is 23.7 Å². The van der Waals surface area contributed by atoms with Crippen molar-refractivity contribution in [2.45, 2.75) is 58.3 Å². The minimum absolute atomic E-state index is 0.0849. The van der Waals surface area contributed by atoms with Gasteiger partial charge in [0.25, 0.3) is 5.56 Å². The molecule has 0 fully saturated rings. The number of unbranched alkanes of at least 4 members (excludes halogenated alkanes) is 6. The number of hydrogen-bond donors (Lipinski definition) is 0. The Morgan fingerprint density at radius 1 is 1.04 bits per heavy atom. The molecule has 0 bridgehead atoms. The van der Waals surface area contributed by atoms with E-state index in [9.17, 15) is 4.79 Å². The standard InChI is InChI=1S/C20H26N2O2/c1-3-4-5-6-7-8-9-14-17-21-18-19(24-17)15-12-10-11-13-16(15)22(2)20(18)23/h10-13H,3-9,14H2,1-2H3. The third-order valence-corrected chi connectivity index (χ3v) is 4.68. The lowest BCUT2D eigenvalue weighted by Gasteiger charge is -2.03. The molecule has 1 aromatic carbocycles. The lowest BCUT2D eigenvalue weighted by atomic mass is 10.1. The third-order valence-electron chi connectivity index (χ3n) is 4.68. The van der Waals surface area contributed by atoms with Crippen LogP contribution >= 0.6 is 0 Å². The normalized spacial score (nSPS) is 11.6. The van der Waals surface area contributed by atoms with Crippen LogP contribution in [0.25, 0.3) is 22.0 Å². The molecule has 4 nitrogen and oxygen atoms in total. The summed E-state index contributed by atoms with van der Waals surface area (Å²) in [4.78, 5) is 16.9. The summed E-state index contributed by atoms with van der Waals surface area (Å²) in [5.41, 5.74) is 1.88. The zero-order valence-corrected chi connectivity index (χ0v) is 14.7. The molecule has 0 saturated carbocycles. The van der Waals surface area contributed by atoms with Crippen molar-refractivity contribution in [1.29, 1.82) is 0 Å². The highest BCUT2D eigenvalue weighted by molar-refractivity contribution is 6.00. The minimum atomic E-state index is -0.0849. The van der Waals surface area contributed by atoms with Crippen molar-refractivity contribution in [2.24, 2.45) is 7.05 Å². The molecule has 24 heavy (non-hydrogen) atoms. The highest BCUT2D eigenvalue weighted by Crippen LogP contribution is 2.23. The van der Waals surface area contributed by atoms with Crippen LogP contribution in [0.3, 0.4) is 0 Å². The number of fused-ring (bicyclic) bond motifs is 3. The lowest BCUT2D eigenvalue weighted by molar-refractivity contribution is 0.505. The second-order valence-corrected chi connectivity index (χ2v) is 6.54. The summed E-state index contributed by atoms with van der Waals surface area (Å²) in [7, 11) is 1.79. The topological polar surface area (TPSA) is 48.0 Å². The van der Waals surface area contributed by atoms with E-state index in [0.29, 0.717) is 17.0 Å². The van der Waals surface area contributed by atoms with Crippen LogP contribution in [0.4, 0.5) is 0 Å². The van der Waals surface area contributed by atoms with Gasteiger partial charge in [-0.25, -0.2) is 4.98 Å². The molecule has 0 atom stereocenters. The summed E-state index contributed by atoms with van der Waals surface area (Å²) in [6.07, 6.45) is 9.60. The van der Waals surface area contributed by atoms with Crippen LogP contribution in [0.15, 0.2) is 33.5 Å². The van der Waals surface area contributed by atoms with Gasteiger partial charge < -0.3 is 8.98 Å². The number of benzene rings is 1. The average molecular weight is 326 g/mol. The number of pyridine rings is 1. The van der Waals surface area contributed by atoms with Gasteiger partial charge in [0.15, 0.2) is 17.0 Å². The fourth-order valence-electron chi connectivity index (χ4n) is 3.26. The molecule has 0 N–H and O–H groups in total. The maximum Gasteiger partial charge on any atom is 0.280 e. The number of oxazole rings is 1. The van der Waals surface area contributed by atoms with Crippen molar-refractivity contribution in [3.8, 4) is 0 Å². The SMILES string of the molecule is CCCCCCCCCc1nc2c(=O)n(C)c3ccccc3c2o1. The molecule has 0 aliphatic rings. The van der Waals surface area contributed by atoms with Gasteiger partial charge in [0.1, 0.15) is 0 Å². The first-order chi connectivity index (χ1) is 11.7. The number of para-hydroxylation sites is 1. The quantitative estimate of drug-likeness (QED) is 0.549. The van der Waals surface area contributed by atoms with Gasteiger partial charge in [-0.15, -0.1) is 0 Å². The van der Waals surface area contributed by atoms with Crippen LogP contribution in [0, 0.1) is 0 Å². The number of nitrogens with zero attached hydrogens (tertiary/aromatic N) is 2. The number of rotatable bonds is 8. The maximum absolute atomic E-state index is 12.5. The molecule has 0 radical (unpaired) electrons. The van der Waals surface area contributed by atoms with E-state index in [1.165, 1.54) is 38.5 Å². The van der Waals surface area contributed by atoms with E-state index in [-0.39, 0.29) is 5.56 Å². The number of aromatic nitrogens is 2. The summed E-state index contributed by atoms with van der Waals surface area (Å²) >= 11 is 0. The first-order valence-corrected chi connectivity index (χ1v) is 9.09. The van der Waals surface area contributed by atoms with Gasteiger partial charge in [-0.1, -0.05) is 57.6 Å². The van der Waals surface area contributed by atoms with Gasteiger partial charge in [0, 0.05) is 18.9 Å². The molecule has 0 unspecified atom stereocenters. The summed E-state index contributed by atoms with van der Waals surface area (Å²) in [6.45, 7) is 2.24. The first-order valence-electron chi connectivity index (χ1n) is 9.09. The Hall–Kier alpha value is -2.10. The Bertz CT molecular complexity index is 876. The molecule has 0 aliphatic heterocycles. The van der Waals surface area contributed by atoms with Crippen LogP contribution < -0.4 is 5.56 Å². The Morgan fingerprint density at radius 2 is 1.75 bits per heavy atom. The monoisotopic (exact) mass is 326 g/mol. The van der Waals surface area contributed by atoms with Crippen molar-refractivity contribution in [2.75, 3.05) is 0 Å². The van der Waals surface area contributed by atoms with Crippen LogP contribution in [-0.4, -0.2) is 9.55 Å². The van der Waals surface area contributed by atoms with Crippen LogP contribution in [0.2, 0.25) is 0 Å². The molecular weight excluding hydrogens is 300 g/mol. The summed E-state index contributed by atoms with van der Waals surface area (Å²) in [6, 6.07) is 7.82. The average Bonchev–Trinajstić information content (AvgIpc) is 3.03. The van der Waals surface area contributed by atoms with Gasteiger partial charge in [0.2, 0.25) is 0 Å². The first kappa shape index (κ1) is 16.7. The highest BCUT2D eigenvalue weighted by atomic mass is 16.3. The van der Waals surface area contributed by atoms with E-state index in [4.69, 9.17) is 4.42 Å². The largest absolute Gasteiger partial charge is 0.440 e. The minimum Gasteiger partial charge on any atom is -0.440 e. The molecule has 128 valence electrons. The molecule has 0 spiro atoms.